The lowest BCUT2D eigenvalue weighted by Crippen LogP contribution is -2.48. The van der Waals surface area contributed by atoms with Gasteiger partial charge in [-0.1, -0.05) is 12.1 Å². The molecular formula is C19H23BrN2O3. The third kappa shape index (κ3) is 3.90. The Morgan fingerprint density at radius 3 is 2.28 bits per heavy atom. The van der Waals surface area contributed by atoms with Crippen molar-refractivity contribution in [1.82, 2.24) is 9.80 Å². The van der Waals surface area contributed by atoms with Crippen LogP contribution in [-0.4, -0.2) is 49.0 Å². The quantitative estimate of drug-likeness (QED) is 0.777. The van der Waals surface area contributed by atoms with E-state index in [1.807, 2.05) is 30.9 Å². The van der Waals surface area contributed by atoms with Crippen molar-refractivity contribution in [3.8, 4) is 5.75 Å². The number of benzene rings is 1. The fraction of sp³-hybridized carbons (Fsp3) is 0.421. The topological polar surface area (TPSA) is 45.9 Å². The Morgan fingerprint density at radius 2 is 1.76 bits per heavy atom. The fourth-order valence-corrected chi connectivity index (χ4v) is 3.69. The fourth-order valence-electron chi connectivity index (χ4n) is 3.16. The number of carbonyl (C=O) groups is 1. The summed E-state index contributed by atoms with van der Waals surface area (Å²) in [6.07, 6.45) is 0. The zero-order valence-electron chi connectivity index (χ0n) is 14.8. The predicted molar refractivity (Wildman–Crippen MR) is 100 cm³/mol. The smallest absolute Gasteiger partial charge is 0.258 e. The van der Waals surface area contributed by atoms with E-state index in [-0.39, 0.29) is 5.91 Å². The molecule has 134 valence electrons. The molecular weight excluding hydrogens is 384 g/mol. The first kappa shape index (κ1) is 18.0. The Kier molecular flexibility index (Phi) is 5.49. The summed E-state index contributed by atoms with van der Waals surface area (Å²) in [7, 11) is 1.67. The van der Waals surface area contributed by atoms with E-state index in [4.69, 9.17) is 9.15 Å². The van der Waals surface area contributed by atoms with Gasteiger partial charge in [0.05, 0.1) is 17.1 Å². The van der Waals surface area contributed by atoms with Crippen LogP contribution in [0.15, 0.2) is 33.2 Å². The van der Waals surface area contributed by atoms with E-state index in [9.17, 15) is 4.79 Å². The molecule has 0 aliphatic carbocycles. The Balaban J connectivity index is 1.58. The van der Waals surface area contributed by atoms with Crippen molar-refractivity contribution >= 4 is 21.8 Å². The molecule has 0 N–H and O–H groups in total. The second-order valence-electron chi connectivity index (χ2n) is 6.32. The van der Waals surface area contributed by atoms with E-state index < -0.39 is 0 Å². The maximum Gasteiger partial charge on any atom is 0.258 e. The van der Waals surface area contributed by atoms with Gasteiger partial charge in [-0.2, -0.15) is 0 Å². The second-order valence-corrected chi connectivity index (χ2v) is 7.11. The predicted octanol–water partition coefficient (Wildman–Crippen LogP) is 3.63. The van der Waals surface area contributed by atoms with Crippen LogP contribution in [0.4, 0.5) is 0 Å². The van der Waals surface area contributed by atoms with Crippen LogP contribution >= 0.6 is 15.9 Å². The minimum Gasteiger partial charge on any atom is -0.497 e. The monoisotopic (exact) mass is 406 g/mol. The Bertz CT molecular complexity index is 747. The average Bonchev–Trinajstić information content (AvgIpc) is 2.88. The number of hydrogen-bond acceptors (Lipinski definition) is 4. The standard InChI is InChI=1S/C19H23BrN2O3/c1-13-17(18(20)14(2)25-13)19(23)22-10-8-21(9-11-22)12-15-4-6-16(24-3)7-5-15/h4-7H,8-12H2,1-3H3. The third-order valence-corrected chi connectivity index (χ3v) is 5.58. The first-order valence-corrected chi connectivity index (χ1v) is 9.19. The van der Waals surface area contributed by atoms with Gasteiger partial charge in [0.2, 0.25) is 0 Å². The van der Waals surface area contributed by atoms with Crippen molar-refractivity contribution in [1.29, 1.82) is 0 Å². The lowest BCUT2D eigenvalue weighted by Gasteiger charge is -2.34. The second kappa shape index (κ2) is 7.62. The molecule has 2 heterocycles. The zero-order valence-corrected chi connectivity index (χ0v) is 16.4. The molecule has 2 aromatic rings. The van der Waals surface area contributed by atoms with E-state index in [1.54, 1.807) is 7.11 Å². The summed E-state index contributed by atoms with van der Waals surface area (Å²) >= 11 is 3.47. The van der Waals surface area contributed by atoms with Gasteiger partial charge in [-0.05, 0) is 47.5 Å². The van der Waals surface area contributed by atoms with Gasteiger partial charge in [-0.3, -0.25) is 9.69 Å². The molecule has 1 amide bonds. The van der Waals surface area contributed by atoms with Crippen molar-refractivity contribution < 1.29 is 13.9 Å². The summed E-state index contributed by atoms with van der Waals surface area (Å²) < 4.78 is 11.5. The Labute approximate surface area is 156 Å². The zero-order chi connectivity index (χ0) is 18.0. The number of nitrogens with zero attached hydrogens (tertiary/aromatic N) is 2. The van der Waals surface area contributed by atoms with Crippen molar-refractivity contribution in [2.75, 3.05) is 33.3 Å². The highest BCUT2D eigenvalue weighted by molar-refractivity contribution is 9.10. The van der Waals surface area contributed by atoms with Crippen molar-refractivity contribution in [3.05, 3.63) is 51.4 Å². The van der Waals surface area contributed by atoms with Crippen LogP contribution < -0.4 is 4.74 Å². The van der Waals surface area contributed by atoms with Crippen molar-refractivity contribution in [2.24, 2.45) is 0 Å². The minimum atomic E-state index is 0.0466. The summed E-state index contributed by atoms with van der Waals surface area (Å²) in [6, 6.07) is 8.14. The third-order valence-electron chi connectivity index (χ3n) is 4.63. The molecule has 25 heavy (non-hydrogen) atoms. The number of rotatable bonds is 4. The maximum atomic E-state index is 12.8. The van der Waals surface area contributed by atoms with Gasteiger partial charge in [0.25, 0.3) is 5.91 Å². The van der Waals surface area contributed by atoms with Gasteiger partial charge in [-0.15, -0.1) is 0 Å². The highest BCUT2D eigenvalue weighted by Crippen LogP contribution is 2.28. The maximum absolute atomic E-state index is 12.8. The van der Waals surface area contributed by atoms with E-state index in [0.29, 0.717) is 11.3 Å². The van der Waals surface area contributed by atoms with Crippen LogP contribution in [0.25, 0.3) is 0 Å². The molecule has 6 heteroatoms. The van der Waals surface area contributed by atoms with E-state index >= 15 is 0 Å². The van der Waals surface area contributed by atoms with Gasteiger partial charge >= 0.3 is 0 Å². The number of methoxy groups -OCH3 is 1. The lowest BCUT2D eigenvalue weighted by molar-refractivity contribution is 0.0626. The van der Waals surface area contributed by atoms with Gasteiger partial charge < -0.3 is 14.1 Å². The van der Waals surface area contributed by atoms with Crippen LogP contribution in [-0.2, 0) is 6.54 Å². The molecule has 0 unspecified atom stereocenters. The normalized spacial score (nSPS) is 15.4. The molecule has 0 bridgehead atoms. The molecule has 0 spiro atoms. The number of ether oxygens (including phenoxy) is 1. The molecule has 1 saturated heterocycles. The molecule has 0 atom stereocenters. The van der Waals surface area contributed by atoms with E-state index in [1.165, 1.54) is 5.56 Å². The van der Waals surface area contributed by atoms with Crippen LogP contribution in [0.2, 0.25) is 0 Å². The number of halogens is 1. The average molecular weight is 407 g/mol. The number of aryl methyl sites for hydroxylation is 2. The van der Waals surface area contributed by atoms with Gasteiger partial charge in [0.1, 0.15) is 17.3 Å². The molecule has 1 aliphatic heterocycles. The molecule has 3 rings (SSSR count). The Hall–Kier alpha value is -1.79. The van der Waals surface area contributed by atoms with Gasteiger partial charge in [0, 0.05) is 32.7 Å². The van der Waals surface area contributed by atoms with E-state index in [0.717, 1.165) is 48.7 Å². The van der Waals surface area contributed by atoms with Crippen LogP contribution in [0, 0.1) is 13.8 Å². The van der Waals surface area contributed by atoms with E-state index in [2.05, 4.69) is 33.0 Å². The lowest BCUT2D eigenvalue weighted by atomic mass is 10.1. The van der Waals surface area contributed by atoms with Crippen LogP contribution in [0.3, 0.4) is 0 Å². The molecule has 1 aromatic carbocycles. The minimum absolute atomic E-state index is 0.0466. The highest BCUT2D eigenvalue weighted by atomic mass is 79.9. The summed E-state index contributed by atoms with van der Waals surface area (Å²) in [5, 5.41) is 0. The van der Waals surface area contributed by atoms with Gasteiger partial charge in [0.15, 0.2) is 0 Å². The van der Waals surface area contributed by atoms with Crippen LogP contribution in [0.1, 0.15) is 27.4 Å². The largest absolute Gasteiger partial charge is 0.497 e. The molecule has 1 aliphatic rings. The van der Waals surface area contributed by atoms with Crippen LogP contribution in [0.5, 0.6) is 5.75 Å². The number of amides is 1. The summed E-state index contributed by atoms with van der Waals surface area (Å²) in [4.78, 5) is 17.1. The number of furan rings is 1. The number of piperazine rings is 1. The summed E-state index contributed by atoms with van der Waals surface area (Å²) in [6.45, 7) is 7.78. The molecule has 1 fully saturated rings. The molecule has 1 aromatic heterocycles. The summed E-state index contributed by atoms with van der Waals surface area (Å²) in [5.74, 6) is 2.34. The number of hydrogen-bond donors (Lipinski definition) is 0. The first-order valence-electron chi connectivity index (χ1n) is 8.39. The van der Waals surface area contributed by atoms with Crippen molar-refractivity contribution in [2.45, 2.75) is 20.4 Å². The first-order chi connectivity index (χ1) is 12.0. The SMILES string of the molecule is COc1ccc(CN2CCN(C(=O)c3c(C)oc(C)c3Br)CC2)cc1. The summed E-state index contributed by atoms with van der Waals surface area (Å²) in [5.41, 5.74) is 1.91. The van der Waals surface area contributed by atoms with Crippen molar-refractivity contribution in [3.63, 3.8) is 0 Å². The molecule has 0 saturated carbocycles. The molecule has 5 nitrogen and oxygen atoms in total. The van der Waals surface area contributed by atoms with Gasteiger partial charge in [-0.25, -0.2) is 0 Å². The molecule has 0 radical (unpaired) electrons. The highest BCUT2D eigenvalue weighted by Gasteiger charge is 2.27. The number of carbonyl (C=O) groups excluding carboxylic acids is 1. The Morgan fingerprint density at radius 1 is 1.12 bits per heavy atom.